The third-order valence-electron chi connectivity index (χ3n) is 1.34. The summed E-state index contributed by atoms with van der Waals surface area (Å²) >= 11 is 3.21. The molecule has 0 amide bonds. The first-order valence-corrected chi connectivity index (χ1v) is 4.12. The molecule has 0 saturated heterocycles. The van der Waals surface area contributed by atoms with Gasteiger partial charge in [0.05, 0.1) is 6.07 Å². The summed E-state index contributed by atoms with van der Waals surface area (Å²) in [5, 5.41) is 8.53. The molecule has 11 heavy (non-hydrogen) atoms. The summed E-state index contributed by atoms with van der Waals surface area (Å²) in [5.41, 5.74) is 1.87. The van der Waals surface area contributed by atoms with Crippen molar-refractivity contribution >= 4 is 15.9 Å². The summed E-state index contributed by atoms with van der Waals surface area (Å²) in [7, 11) is 0. The lowest BCUT2D eigenvalue weighted by molar-refractivity contribution is 1.13. The van der Waals surface area contributed by atoms with Crippen LogP contribution in [0.5, 0.6) is 0 Å². The topological polar surface area (TPSA) is 36.7 Å². The van der Waals surface area contributed by atoms with Gasteiger partial charge in [0.15, 0.2) is 0 Å². The third-order valence-corrected chi connectivity index (χ3v) is 2.07. The van der Waals surface area contributed by atoms with Gasteiger partial charge in [-0.05, 0) is 18.6 Å². The van der Waals surface area contributed by atoms with Crippen LogP contribution in [0.4, 0.5) is 0 Å². The molecule has 2 nitrogen and oxygen atoms in total. The van der Waals surface area contributed by atoms with Crippen molar-refractivity contribution in [1.82, 2.24) is 4.98 Å². The van der Waals surface area contributed by atoms with Gasteiger partial charge in [0, 0.05) is 11.9 Å². The Morgan fingerprint density at radius 1 is 1.64 bits per heavy atom. The summed E-state index contributed by atoms with van der Waals surface area (Å²) in [6, 6.07) is 5.86. The van der Waals surface area contributed by atoms with Crippen LogP contribution < -0.4 is 0 Å². The summed E-state index contributed by atoms with van der Waals surface area (Å²) < 4.78 is 0. The molecule has 0 bridgehead atoms. The second-order valence-corrected chi connectivity index (χ2v) is 3.14. The lowest BCUT2D eigenvalue weighted by atomic mass is 10.2. The highest BCUT2D eigenvalue weighted by atomic mass is 79.9. The normalized spacial score (nSPS) is 12.1. The molecule has 1 unspecified atom stereocenters. The van der Waals surface area contributed by atoms with Gasteiger partial charge < -0.3 is 0 Å². The van der Waals surface area contributed by atoms with E-state index in [1.54, 1.807) is 6.20 Å². The van der Waals surface area contributed by atoms with Crippen LogP contribution in [-0.4, -0.2) is 4.98 Å². The number of hydrogen-bond donors (Lipinski definition) is 0. The summed E-state index contributed by atoms with van der Waals surface area (Å²) in [6.45, 7) is 1.92. The van der Waals surface area contributed by atoms with Crippen LogP contribution in [-0.2, 0) is 0 Å². The molecule has 1 rings (SSSR count). The van der Waals surface area contributed by atoms with Gasteiger partial charge in [0.2, 0.25) is 0 Å². The quantitative estimate of drug-likeness (QED) is 0.668. The number of nitriles is 1. The van der Waals surface area contributed by atoms with Gasteiger partial charge >= 0.3 is 0 Å². The van der Waals surface area contributed by atoms with E-state index in [9.17, 15) is 0 Å². The first kappa shape index (κ1) is 8.22. The number of alkyl halides is 1. The molecule has 56 valence electrons. The lowest BCUT2D eigenvalue weighted by Gasteiger charge is -1.99. The van der Waals surface area contributed by atoms with E-state index in [4.69, 9.17) is 5.26 Å². The predicted molar refractivity (Wildman–Crippen MR) is 46.3 cm³/mol. The average Bonchev–Trinajstić information content (AvgIpc) is 2.05. The van der Waals surface area contributed by atoms with Gasteiger partial charge in [0.1, 0.15) is 4.83 Å². The molecule has 0 spiro atoms. The van der Waals surface area contributed by atoms with Crippen LogP contribution in [0.25, 0.3) is 0 Å². The first-order chi connectivity index (χ1) is 5.24. The molecular formula is C8H7BrN2. The van der Waals surface area contributed by atoms with Crippen molar-refractivity contribution < 1.29 is 0 Å². The fraction of sp³-hybridized carbons (Fsp3) is 0.250. The molecule has 0 aromatic carbocycles. The monoisotopic (exact) mass is 210 g/mol. The molecule has 0 N–H and O–H groups in total. The van der Waals surface area contributed by atoms with Crippen molar-refractivity contribution in [3.8, 4) is 6.07 Å². The van der Waals surface area contributed by atoms with Crippen molar-refractivity contribution in [2.24, 2.45) is 0 Å². The number of rotatable bonds is 1. The summed E-state index contributed by atoms with van der Waals surface area (Å²) in [4.78, 5) is 3.83. The fourth-order valence-electron chi connectivity index (χ4n) is 0.704. The van der Waals surface area contributed by atoms with Crippen molar-refractivity contribution in [2.75, 3.05) is 0 Å². The molecule has 3 heteroatoms. The smallest absolute Gasteiger partial charge is 0.128 e. The number of nitrogens with zero attached hydrogens (tertiary/aromatic N) is 2. The van der Waals surface area contributed by atoms with Gasteiger partial charge in [0.25, 0.3) is 0 Å². The molecule has 1 aromatic rings. The zero-order valence-corrected chi connectivity index (χ0v) is 7.67. The predicted octanol–water partition coefficient (Wildman–Crippen LogP) is 2.35. The number of hydrogen-bond acceptors (Lipinski definition) is 2. The first-order valence-electron chi connectivity index (χ1n) is 3.20. The standard InChI is InChI=1S/C8H7BrN2/c1-6-2-3-7(5-11-6)8(9)4-10/h2-3,5,8H,1H3. The minimum Gasteiger partial charge on any atom is -0.261 e. The van der Waals surface area contributed by atoms with Crippen molar-refractivity contribution in [1.29, 1.82) is 5.26 Å². The highest BCUT2D eigenvalue weighted by molar-refractivity contribution is 9.09. The fourth-order valence-corrected chi connectivity index (χ4v) is 0.975. The van der Waals surface area contributed by atoms with Gasteiger partial charge in [-0.15, -0.1) is 0 Å². The molecule has 0 saturated carbocycles. The maximum atomic E-state index is 8.53. The number of pyridine rings is 1. The molecule has 0 aliphatic carbocycles. The van der Waals surface area contributed by atoms with E-state index >= 15 is 0 Å². The van der Waals surface area contributed by atoms with E-state index < -0.39 is 0 Å². The zero-order valence-electron chi connectivity index (χ0n) is 6.08. The van der Waals surface area contributed by atoms with Crippen molar-refractivity contribution in [3.05, 3.63) is 29.6 Å². The van der Waals surface area contributed by atoms with Crippen LogP contribution in [0.3, 0.4) is 0 Å². The van der Waals surface area contributed by atoms with E-state index in [0.717, 1.165) is 11.3 Å². The summed E-state index contributed by atoms with van der Waals surface area (Å²) in [5.74, 6) is 0. The van der Waals surface area contributed by atoms with Crippen LogP contribution in [0, 0.1) is 18.3 Å². The Kier molecular flexibility index (Phi) is 2.61. The lowest BCUT2D eigenvalue weighted by Crippen LogP contribution is -1.88. The molecule has 0 aliphatic heterocycles. The van der Waals surface area contributed by atoms with Gasteiger partial charge in [-0.25, -0.2) is 0 Å². The van der Waals surface area contributed by atoms with Crippen molar-refractivity contribution in [2.45, 2.75) is 11.8 Å². The van der Waals surface area contributed by atoms with Crippen LogP contribution >= 0.6 is 15.9 Å². The Morgan fingerprint density at radius 3 is 2.82 bits per heavy atom. The van der Waals surface area contributed by atoms with Crippen molar-refractivity contribution in [3.63, 3.8) is 0 Å². The van der Waals surface area contributed by atoms with Crippen LogP contribution in [0.1, 0.15) is 16.1 Å². The largest absolute Gasteiger partial charge is 0.261 e. The van der Waals surface area contributed by atoms with Gasteiger partial charge in [-0.1, -0.05) is 22.0 Å². The molecule has 1 aromatic heterocycles. The molecule has 1 atom stereocenters. The number of halogens is 1. The van der Waals surface area contributed by atoms with Crippen LogP contribution in [0.15, 0.2) is 18.3 Å². The van der Waals surface area contributed by atoms with E-state index in [1.807, 2.05) is 19.1 Å². The number of aryl methyl sites for hydroxylation is 1. The van der Waals surface area contributed by atoms with E-state index in [-0.39, 0.29) is 4.83 Å². The van der Waals surface area contributed by atoms with E-state index in [2.05, 4.69) is 27.0 Å². The third kappa shape index (κ3) is 2.02. The minimum atomic E-state index is -0.240. The maximum absolute atomic E-state index is 8.53. The molecular weight excluding hydrogens is 204 g/mol. The zero-order chi connectivity index (χ0) is 8.27. The van der Waals surface area contributed by atoms with E-state index in [0.29, 0.717) is 0 Å². The SMILES string of the molecule is Cc1ccc(C(Br)C#N)cn1. The minimum absolute atomic E-state index is 0.240. The molecule has 0 aliphatic rings. The highest BCUT2D eigenvalue weighted by Crippen LogP contribution is 2.19. The van der Waals surface area contributed by atoms with Gasteiger partial charge in [-0.3, -0.25) is 4.98 Å². The average molecular weight is 211 g/mol. The van der Waals surface area contributed by atoms with E-state index in [1.165, 1.54) is 0 Å². The summed E-state index contributed by atoms with van der Waals surface area (Å²) in [6.07, 6.45) is 1.71. The second kappa shape index (κ2) is 3.49. The molecule has 1 heterocycles. The van der Waals surface area contributed by atoms with Crippen LogP contribution in [0.2, 0.25) is 0 Å². The molecule has 0 fully saturated rings. The van der Waals surface area contributed by atoms with Gasteiger partial charge in [-0.2, -0.15) is 5.26 Å². The Hall–Kier alpha value is -0.880. The number of aromatic nitrogens is 1. The highest BCUT2D eigenvalue weighted by Gasteiger charge is 2.03. The second-order valence-electron chi connectivity index (χ2n) is 2.22. The molecule has 0 radical (unpaired) electrons. The Morgan fingerprint density at radius 2 is 2.36 bits per heavy atom. The Balaban J connectivity index is 2.92. The Bertz CT molecular complexity index is 273. The maximum Gasteiger partial charge on any atom is 0.128 e. The Labute approximate surface area is 74.0 Å².